The van der Waals surface area contributed by atoms with E-state index in [4.69, 9.17) is 4.74 Å². The van der Waals surface area contributed by atoms with E-state index in [1.807, 2.05) is 23.6 Å². The van der Waals surface area contributed by atoms with Crippen molar-refractivity contribution in [3.05, 3.63) is 47.6 Å². The number of fused-ring (bicyclic) bond motifs is 1. The first-order chi connectivity index (χ1) is 10.3. The number of thiophene rings is 1. The van der Waals surface area contributed by atoms with Crippen molar-refractivity contribution in [3.63, 3.8) is 0 Å². The standard InChI is InChI=1S/C15H12N2O2S2/c1-19-11-4-2-3-10(7-11)13(18)8-21-15-14-12(5-6-20-14)16-9-17-15/h2-7,9H,8H2,1H3. The first-order valence-electron chi connectivity index (χ1n) is 6.26. The average molecular weight is 316 g/mol. The molecule has 0 saturated heterocycles. The second kappa shape index (κ2) is 6.24. The largest absolute Gasteiger partial charge is 0.497 e. The van der Waals surface area contributed by atoms with Crippen LogP contribution >= 0.6 is 23.1 Å². The molecule has 106 valence electrons. The molecular formula is C15H12N2O2S2. The molecule has 0 bridgehead atoms. The number of aromatic nitrogens is 2. The number of thioether (sulfide) groups is 1. The topological polar surface area (TPSA) is 52.1 Å². The van der Waals surface area contributed by atoms with Crippen LogP contribution in [0.5, 0.6) is 5.75 Å². The van der Waals surface area contributed by atoms with Gasteiger partial charge in [0.15, 0.2) is 5.78 Å². The van der Waals surface area contributed by atoms with Crippen molar-refractivity contribution in [2.24, 2.45) is 0 Å². The fourth-order valence-corrected chi connectivity index (χ4v) is 3.72. The summed E-state index contributed by atoms with van der Waals surface area (Å²) in [4.78, 5) is 20.7. The molecule has 2 aromatic heterocycles. The summed E-state index contributed by atoms with van der Waals surface area (Å²) >= 11 is 3.03. The van der Waals surface area contributed by atoms with Crippen LogP contribution in [0.1, 0.15) is 10.4 Å². The number of nitrogens with zero attached hydrogens (tertiary/aromatic N) is 2. The van der Waals surface area contributed by atoms with Crippen molar-refractivity contribution in [1.29, 1.82) is 0 Å². The zero-order valence-corrected chi connectivity index (χ0v) is 12.9. The third kappa shape index (κ3) is 3.06. The van der Waals surface area contributed by atoms with E-state index in [-0.39, 0.29) is 5.78 Å². The zero-order chi connectivity index (χ0) is 14.7. The molecule has 0 fully saturated rings. The van der Waals surface area contributed by atoms with Crippen LogP contribution in [-0.2, 0) is 0 Å². The Kier molecular flexibility index (Phi) is 4.17. The van der Waals surface area contributed by atoms with Gasteiger partial charge in [-0.15, -0.1) is 11.3 Å². The number of ether oxygens (including phenoxy) is 1. The molecule has 0 atom stereocenters. The highest BCUT2D eigenvalue weighted by Crippen LogP contribution is 2.29. The lowest BCUT2D eigenvalue weighted by Crippen LogP contribution is -2.03. The summed E-state index contributed by atoms with van der Waals surface area (Å²) < 4.78 is 6.17. The fraction of sp³-hybridized carbons (Fsp3) is 0.133. The minimum absolute atomic E-state index is 0.0576. The number of hydrogen-bond donors (Lipinski definition) is 0. The predicted molar refractivity (Wildman–Crippen MR) is 85.5 cm³/mol. The lowest BCUT2D eigenvalue weighted by molar-refractivity contribution is 0.102. The molecule has 0 aliphatic carbocycles. The molecule has 0 amide bonds. The quantitative estimate of drug-likeness (QED) is 0.408. The average Bonchev–Trinajstić information content (AvgIpc) is 3.01. The lowest BCUT2D eigenvalue weighted by atomic mass is 10.1. The van der Waals surface area contributed by atoms with Gasteiger partial charge in [-0.3, -0.25) is 4.79 Å². The molecule has 2 heterocycles. The molecule has 0 spiro atoms. The van der Waals surface area contributed by atoms with Gasteiger partial charge in [0.25, 0.3) is 0 Å². The highest BCUT2D eigenvalue weighted by molar-refractivity contribution is 8.00. The second-order valence-corrected chi connectivity index (χ2v) is 6.14. The van der Waals surface area contributed by atoms with Crippen LogP contribution in [0.15, 0.2) is 47.1 Å². The van der Waals surface area contributed by atoms with Gasteiger partial charge in [0.05, 0.1) is 23.1 Å². The van der Waals surface area contributed by atoms with Crippen molar-refractivity contribution in [1.82, 2.24) is 9.97 Å². The summed E-state index contributed by atoms with van der Waals surface area (Å²) in [5.41, 5.74) is 1.57. The Balaban J connectivity index is 1.75. The zero-order valence-electron chi connectivity index (χ0n) is 11.3. The minimum Gasteiger partial charge on any atom is -0.497 e. The van der Waals surface area contributed by atoms with Gasteiger partial charge in [-0.1, -0.05) is 23.9 Å². The van der Waals surface area contributed by atoms with Crippen LogP contribution in [0.4, 0.5) is 0 Å². The molecule has 0 saturated carbocycles. The van der Waals surface area contributed by atoms with Crippen LogP contribution < -0.4 is 4.74 Å². The number of hydrogen-bond acceptors (Lipinski definition) is 6. The molecule has 0 radical (unpaired) electrons. The van der Waals surface area contributed by atoms with E-state index in [9.17, 15) is 4.79 Å². The maximum absolute atomic E-state index is 12.2. The molecule has 21 heavy (non-hydrogen) atoms. The number of carbonyl (C=O) groups excluding carboxylic acids is 1. The summed E-state index contributed by atoms with van der Waals surface area (Å²) in [6.07, 6.45) is 1.54. The number of benzene rings is 1. The van der Waals surface area contributed by atoms with E-state index in [0.29, 0.717) is 17.1 Å². The maximum Gasteiger partial charge on any atom is 0.173 e. The van der Waals surface area contributed by atoms with Crippen molar-refractivity contribution < 1.29 is 9.53 Å². The smallest absolute Gasteiger partial charge is 0.173 e. The van der Waals surface area contributed by atoms with Crippen LogP contribution in [0.2, 0.25) is 0 Å². The highest BCUT2D eigenvalue weighted by Gasteiger charge is 2.11. The summed E-state index contributed by atoms with van der Waals surface area (Å²) in [5.74, 6) is 1.09. The van der Waals surface area contributed by atoms with Crippen molar-refractivity contribution in [2.45, 2.75) is 5.03 Å². The minimum atomic E-state index is 0.0576. The van der Waals surface area contributed by atoms with Crippen molar-refractivity contribution >= 4 is 39.1 Å². The number of carbonyl (C=O) groups is 1. The molecule has 3 aromatic rings. The van der Waals surface area contributed by atoms with Crippen molar-refractivity contribution in [2.75, 3.05) is 12.9 Å². The molecule has 0 unspecified atom stereocenters. The molecule has 0 aliphatic rings. The number of methoxy groups -OCH3 is 1. The van der Waals surface area contributed by atoms with Gasteiger partial charge in [0.2, 0.25) is 0 Å². The van der Waals surface area contributed by atoms with E-state index >= 15 is 0 Å². The van der Waals surface area contributed by atoms with E-state index in [2.05, 4.69) is 9.97 Å². The lowest BCUT2D eigenvalue weighted by Gasteiger charge is -2.04. The second-order valence-electron chi connectivity index (χ2n) is 4.26. The Labute approximate surface area is 130 Å². The van der Waals surface area contributed by atoms with Gasteiger partial charge in [-0.05, 0) is 23.6 Å². The Bertz CT molecular complexity index is 786. The number of ketones is 1. The highest BCUT2D eigenvalue weighted by atomic mass is 32.2. The summed E-state index contributed by atoms with van der Waals surface area (Å²) in [6, 6.07) is 9.15. The molecule has 4 nitrogen and oxygen atoms in total. The Morgan fingerprint density at radius 2 is 2.24 bits per heavy atom. The molecular weight excluding hydrogens is 304 g/mol. The molecule has 6 heteroatoms. The third-order valence-electron chi connectivity index (χ3n) is 2.94. The Hall–Kier alpha value is -1.92. The van der Waals surface area contributed by atoms with Crippen LogP contribution in [0, 0.1) is 0 Å². The van der Waals surface area contributed by atoms with E-state index < -0.39 is 0 Å². The predicted octanol–water partition coefficient (Wildman–Crippen LogP) is 3.67. The van der Waals surface area contributed by atoms with Gasteiger partial charge in [0.1, 0.15) is 17.1 Å². The van der Waals surface area contributed by atoms with E-state index in [1.165, 1.54) is 18.1 Å². The first kappa shape index (κ1) is 14.0. The maximum atomic E-state index is 12.2. The molecule has 0 N–H and O–H groups in total. The monoisotopic (exact) mass is 316 g/mol. The van der Waals surface area contributed by atoms with Crippen LogP contribution in [0.3, 0.4) is 0 Å². The van der Waals surface area contributed by atoms with Crippen molar-refractivity contribution in [3.8, 4) is 5.75 Å². The van der Waals surface area contributed by atoms with Crippen LogP contribution in [-0.4, -0.2) is 28.6 Å². The summed E-state index contributed by atoms with van der Waals surface area (Å²) in [7, 11) is 1.59. The van der Waals surface area contributed by atoms with Crippen LogP contribution in [0.25, 0.3) is 10.2 Å². The van der Waals surface area contributed by atoms with Gasteiger partial charge in [-0.2, -0.15) is 0 Å². The van der Waals surface area contributed by atoms with Gasteiger partial charge < -0.3 is 4.74 Å². The Morgan fingerprint density at radius 1 is 1.33 bits per heavy atom. The van der Waals surface area contributed by atoms with Gasteiger partial charge in [-0.25, -0.2) is 9.97 Å². The van der Waals surface area contributed by atoms with E-state index in [1.54, 1.807) is 30.6 Å². The Morgan fingerprint density at radius 3 is 3.10 bits per heavy atom. The first-order valence-corrected chi connectivity index (χ1v) is 8.12. The number of Topliss-reactive ketones (excluding diaryl/α,β-unsaturated/α-hetero) is 1. The molecule has 1 aromatic carbocycles. The van der Waals surface area contributed by atoms with E-state index in [0.717, 1.165) is 15.2 Å². The third-order valence-corrected chi connectivity index (χ3v) is 4.97. The number of rotatable bonds is 5. The summed E-state index contributed by atoms with van der Waals surface area (Å²) in [6.45, 7) is 0. The van der Waals surface area contributed by atoms with Gasteiger partial charge in [0, 0.05) is 5.56 Å². The van der Waals surface area contributed by atoms with Gasteiger partial charge >= 0.3 is 0 Å². The molecule has 0 aliphatic heterocycles. The SMILES string of the molecule is COc1cccc(C(=O)CSc2ncnc3ccsc23)c1. The summed E-state index contributed by atoms with van der Waals surface area (Å²) in [5, 5.41) is 2.83. The normalized spacial score (nSPS) is 10.7. The fourth-order valence-electron chi connectivity index (χ4n) is 1.88. The molecule has 3 rings (SSSR count).